The Morgan fingerprint density at radius 3 is 2.38 bits per heavy atom. The van der Waals surface area contributed by atoms with Crippen LogP contribution in [0, 0.1) is 19.3 Å². The average molecular weight is 511 g/mol. The van der Waals surface area contributed by atoms with Gasteiger partial charge in [-0.05, 0) is 50.7 Å². The normalized spacial score (nSPS) is 15.6. The first-order valence-corrected chi connectivity index (χ1v) is 12.9. The monoisotopic (exact) mass is 510 g/mol. The van der Waals surface area contributed by atoms with Crippen molar-refractivity contribution in [1.29, 1.82) is 0 Å². The molecule has 1 saturated heterocycles. The fraction of sp³-hybridized carbons (Fsp3) is 0.607. The number of rotatable bonds is 6. The molecule has 0 aromatic carbocycles. The second kappa shape index (κ2) is 10.6. The summed E-state index contributed by atoms with van der Waals surface area (Å²) in [6, 6.07) is 1.91. The molecule has 202 valence electrons. The van der Waals surface area contributed by atoms with Crippen LogP contribution in [-0.2, 0) is 4.74 Å². The number of hydrogen-bond acceptors (Lipinski definition) is 8. The van der Waals surface area contributed by atoms with Crippen molar-refractivity contribution >= 4 is 23.5 Å². The Balaban J connectivity index is 1.82. The van der Waals surface area contributed by atoms with E-state index < -0.39 is 5.54 Å². The van der Waals surface area contributed by atoms with Crippen molar-refractivity contribution in [2.75, 3.05) is 43.5 Å². The second-order valence-electron chi connectivity index (χ2n) is 12.0. The van der Waals surface area contributed by atoms with Crippen LogP contribution in [0.15, 0.2) is 12.3 Å². The maximum absolute atomic E-state index is 13.6. The van der Waals surface area contributed by atoms with Gasteiger partial charge in [0.1, 0.15) is 17.3 Å². The Kier molecular flexibility index (Phi) is 8.15. The number of pyridine rings is 1. The van der Waals surface area contributed by atoms with Gasteiger partial charge in [0.05, 0.1) is 35.8 Å². The Morgan fingerprint density at radius 1 is 1.16 bits per heavy atom. The lowest BCUT2D eigenvalue weighted by Crippen LogP contribution is -2.61. The van der Waals surface area contributed by atoms with Crippen molar-refractivity contribution in [2.45, 2.75) is 73.8 Å². The van der Waals surface area contributed by atoms with Gasteiger partial charge in [-0.2, -0.15) is 0 Å². The first kappa shape index (κ1) is 28.3. The number of ether oxygens (including phenoxy) is 1. The summed E-state index contributed by atoms with van der Waals surface area (Å²) in [6.45, 7) is 20.9. The number of esters is 1. The molecule has 0 bridgehead atoms. The zero-order valence-corrected chi connectivity index (χ0v) is 24.0. The fourth-order valence-electron chi connectivity index (χ4n) is 4.64. The van der Waals surface area contributed by atoms with Crippen LogP contribution in [0.4, 0.5) is 11.6 Å². The van der Waals surface area contributed by atoms with Crippen LogP contribution in [0.3, 0.4) is 0 Å². The minimum atomic E-state index is -0.470. The van der Waals surface area contributed by atoms with Gasteiger partial charge in [0, 0.05) is 26.2 Å². The standard InChI is InChI=1S/C28H42N6O3/c1-17(2)23-24(30-15-27(5,6)7)29-14-20(32-23)25(35)34-12-11-33(16-28(34,8)9)21-13-18(3)22(19(4)31-21)26(36)37-10/h13-14,17H,11-12,15-16H2,1-10H3,(H,29,30). The highest BCUT2D eigenvalue weighted by Gasteiger charge is 2.38. The Hall–Kier alpha value is -3.23. The first-order chi connectivity index (χ1) is 17.1. The van der Waals surface area contributed by atoms with Crippen LogP contribution < -0.4 is 10.2 Å². The maximum atomic E-state index is 13.6. The highest BCUT2D eigenvalue weighted by atomic mass is 16.5. The lowest BCUT2D eigenvalue weighted by atomic mass is 9.97. The van der Waals surface area contributed by atoms with Gasteiger partial charge in [0.15, 0.2) is 0 Å². The third-order valence-electron chi connectivity index (χ3n) is 6.60. The van der Waals surface area contributed by atoms with E-state index in [4.69, 9.17) is 9.72 Å². The van der Waals surface area contributed by atoms with Crippen molar-refractivity contribution in [2.24, 2.45) is 5.41 Å². The SMILES string of the molecule is COC(=O)c1c(C)cc(N2CCN(C(=O)c3cnc(NCC(C)(C)C)c(C(C)C)n3)C(C)(C)C2)nc1C. The van der Waals surface area contributed by atoms with Crippen molar-refractivity contribution in [3.05, 3.63) is 40.5 Å². The third kappa shape index (κ3) is 6.37. The average Bonchev–Trinajstić information content (AvgIpc) is 2.80. The molecule has 1 amide bonds. The van der Waals surface area contributed by atoms with E-state index in [1.165, 1.54) is 7.11 Å². The van der Waals surface area contributed by atoms with E-state index in [0.29, 0.717) is 36.6 Å². The third-order valence-corrected chi connectivity index (χ3v) is 6.60. The van der Waals surface area contributed by atoms with Crippen molar-refractivity contribution in [1.82, 2.24) is 19.9 Å². The van der Waals surface area contributed by atoms with Crippen molar-refractivity contribution < 1.29 is 14.3 Å². The predicted molar refractivity (Wildman–Crippen MR) is 146 cm³/mol. The number of piperazine rings is 1. The first-order valence-electron chi connectivity index (χ1n) is 12.9. The molecule has 0 aliphatic carbocycles. The summed E-state index contributed by atoms with van der Waals surface area (Å²) in [7, 11) is 1.37. The van der Waals surface area contributed by atoms with Crippen LogP contribution in [0.1, 0.15) is 92.2 Å². The number of nitrogens with one attached hydrogen (secondary N) is 1. The number of aromatic nitrogens is 3. The summed E-state index contributed by atoms with van der Waals surface area (Å²) in [4.78, 5) is 43.9. The number of methoxy groups -OCH3 is 1. The Morgan fingerprint density at radius 2 is 1.84 bits per heavy atom. The van der Waals surface area contributed by atoms with E-state index in [2.05, 4.69) is 68.7 Å². The summed E-state index contributed by atoms with van der Waals surface area (Å²) in [6.07, 6.45) is 1.58. The molecular formula is C28H42N6O3. The summed E-state index contributed by atoms with van der Waals surface area (Å²) >= 11 is 0. The van der Waals surface area contributed by atoms with E-state index in [-0.39, 0.29) is 23.2 Å². The smallest absolute Gasteiger partial charge is 0.339 e. The van der Waals surface area contributed by atoms with Gasteiger partial charge in [-0.25, -0.2) is 19.7 Å². The number of carbonyl (C=O) groups excluding carboxylic acids is 2. The quantitative estimate of drug-likeness (QED) is 0.563. The molecule has 0 spiro atoms. The van der Waals surface area contributed by atoms with Gasteiger partial charge in [-0.3, -0.25) is 4.79 Å². The minimum absolute atomic E-state index is 0.0969. The highest BCUT2D eigenvalue weighted by Crippen LogP contribution is 2.29. The summed E-state index contributed by atoms with van der Waals surface area (Å²) in [5, 5.41) is 3.40. The van der Waals surface area contributed by atoms with Crippen molar-refractivity contribution in [3.63, 3.8) is 0 Å². The summed E-state index contributed by atoms with van der Waals surface area (Å²) in [5.41, 5.74) is 2.74. The molecule has 1 aliphatic heterocycles. The molecule has 1 fully saturated rings. The fourth-order valence-corrected chi connectivity index (χ4v) is 4.64. The van der Waals surface area contributed by atoms with Crippen molar-refractivity contribution in [3.8, 4) is 0 Å². The van der Waals surface area contributed by atoms with Gasteiger partial charge in [0.2, 0.25) is 0 Å². The van der Waals surface area contributed by atoms with Crippen LogP contribution in [0.2, 0.25) is 0 Å². The number of anilines is 2. The summed E-state index contributed by atoms with van der Waals surface area (Å²) in [5.74, 6) is 1.14. The number of nitrogens with zero attached hydrogens (tertiary/aromatic N) is 5. The zero-order valence-electron chi connectivity index (χ0n) is 24.0. The minimum Gasteiger partial charge on any atom is -0.465 e. The number of amides is 1. The van der Waals surface area contributed by atoms with Gasteiger partial charge < -0.3 is 19.9 Å². The molecule has 1 N–H and O–H groups in total. The molecule has 3 rings (SSSR count). The summed E-state index contributed by atoms with van der Waals surface area (Å²) < 4.78 is 4.91. The molecular weight excluding hydrogens is 468 g/mol. The molecule has 9 nitrogen and oxygen atoms in total. The second-order valence-corrected chi connectivity index (χ2v) is 12.0. The number of carbonyl (C=O) groups is 2. The topological polar surface area (TPSA) is 101 Å². The van der Waals surface area contributed by atoms with E-state index in [1.807, 2.05) is 24.8 Å². The molecule has 2 aromatic rings. The Bertz CT molecular complexity index is 1150. The molecule has 37 heavy (non-hydrogen) atoms. The number of hydrogen-bond donors (Lipinski definition) is 1. The molecule has 1 aliphatic rings. The van der Waals surface area contributed by atoms with Crippen LogP contribution in [-0.4, -0.2) is 70.6 Å². The molecule has 0 saturated carbocycles. The molecule has 0 radical (unpaired) electrons. The number of aryl methyl sites for hydroxylation is 2. The van der Waals surface area contributed by atoms with Gasteiger partial charge >= 0.3 is 5.97 Å². The predicted octanol–water partition coefficient (Wildman–Crippen LogP) is 4.60. The lowest BCUT2D eigenvalue weighted by molar-refractivity contribution is 0.0505. The molecule has 2 aromatic heterocycles. The van der Waals surface area contributed by atoms with E-state index in [1.54, 1.807) is 6.20 Å². The van der Waals surface area contributed by atoms with Gasteiger partial charge in [-0.15, -0.1) is 0 Å². The largest absolute Gasteiger partial charge is 0.465 e. The van der Waals surface area contributed by atoms with E-state index in [0.717, 1.165) is 29.4 Å². The van der Waals surface area contributed by atoms with E-state index >= 15 is 0 Å². The Labute approximate surface area is 221 Å². The molecule has 9 heteroatoms. The van der Waals surface area contributed by atoms with Gasteiger partial charge in [0.25, 0.3) is 5.91 Å². The van der Waals surface area contributed by atoms with E-state index in [9.17, 15) is 9.59 Å². The molecule has 0 atom stereocenters. The lowest BCUT2D eigenvalue weighted by Gasteiger charge is -2.47. The van der Waals surface area contributed by atoms with Crippen LogP contribution >= 0.6 is 0 Å². The van der Waals surface area contributed by atoms with Gasteiger partial charge in [-0.1, -0.05) is 34.6 Å². The van der Waals surface area contributed by atoms with Crippen LogP contribution in [0.25, 0.3) is 0 Å². The zero-order chi connectivity index (χ0) is 27.7. The molecule has 0 unspecified atom stereocenters. The van der Waals surface area contributed by atoms with Crippen LogP contribution in [0.5, 0.6) is 0 Å². The highest BCUT2D eigenvalue weighted by molar-refractivity contribution is 5.93. The molecule has 3 heterocycles. The maximum Gasteiger partial charge on any atom is 0.339 e.